The molecule has 0 aliphatic carbocycles. The van der Waals surface area contributed by atoms with Crippen molar-refractivity contribution in [2.75, 3.05) is 12.3 Å². The summed E-state index contributed by atoms with van der Waals surface area (Å²) in [4.78, 5) is 39.0. The average Bonchev–Trinajstić information content (AvgIpc) is 3.31. The molecule has 0 fully saturated rings. The van der Waals surface area contributed by atoms with Gasteiger partial charge in [-0.15, -0.1) is 0 Å². The van der Waals surface area contributed by atoms with Gasteiger partial charge >= 0.3 is 0 Å². The molecule has 0 aliphatic rings. The second-order valence-electron chi connectivity index (χ2n) is 9.23. The molecule has 0 spiro atoms. The molecule has 0 saturated carbocycles. The van der Waals surface area contributed by atoms with Gasteiger partial charge in [0.05, 0.1) is 18.3 Å². The molecule has 1 unspecified atom stereocenters. The molecular formula is C27H33N3O6S. The van der Waals surface area contributed by atoms with Crippen LogP contribution in [0.1, 0.15) is 42.8 Å². The van der Waals surface area contributed by atoms with E-state index >= 15 is 0 Å². The molecule has 0 saturated heterocycles. The summed E-state index contributed by atoms with van der Waals surface area (Å²) in [6.45, 7) is 4.26. The Balaban J connectivity index is 1.66. The Hall–Kier alpha value is -3.34. The van der Waals surface area contributed by atoms with Crippen molar-refractivity contribution >= 4 is 39.6 Å². The molecule has 1 heterocycles. The number of carbonyl (C=O) groups excluding carboxylic acids is 3. The first-order valence-electron chi connectivity index (χ1n) is 12.2. The number of carbonyl (C=O) groups is 3. The Morgan fingerprint density at radius 2 is 1.68 bits per heavy atom. The Morgan fingerprint density at radius 1 is 0.973 bits per heavy atom. The van der Waals surface area contributed by atoms with Crippen LogP contribution in [-0.4, -0.2) is 50.7 Å². The van der Waals surface area contributed by atoms with E-state index in [2.05, 4.69) is 16.0 Å². The first kappa shape index (κ1) is 28.2. The van der Waals surface area contributed by atoms with Gasteiger partial charge in [0.25, 0.3) is 5.91 Å². The van der Waals surface area contributed by atoms with E-state index < -0.39 is 35.0 Å². The van der Waals surface area contributed by atoms with Crippen molar-refractivity contribution in [3.63, 3.8) is 0 Å². The first-order valence-corrected chi connectivity index (χ1v) is 13.4. The monoisotopic (exact) mass is 527 g/mol. The maximum atomic E-state index is 13.2. The number of rotatable bonds is 14. The number of hydrogen-bond donors (Lipinski definition) is 4. The van der Waals surface area contributed by atoms with E-state index in [0.717, 1.165) is 10.9 Å². The third kappa shape index (κ3) is 8.92. The van der Waals surface area contributed by atoms with Gasteiger partial charge in [-0.1, -0.05) is 62.4 Å². The summed E-state index contributed by atoms with van der Waals surface area (Å²) in [6.07, 6.45) is 0.323. The lowest BCUT2D eigenvalue weighted by atomic mass is 10.0. The third-order valence-electron chi connectivity index (χ3n) is 5.74. The van der Waals surface area contributed by atoms with Gasteiger partial charge in [-0.05, 0) is 36.5 Å². The summed E-state index contributed by atoms with van der Waals surface area (Å²) in [5.41, 5.74) is 1.56. The van der Waals surface area contributed by atoms with Crippen LogP contribution in [0.15, 0.2) is 65.1 Å². The summed E-state index contributed by atoms with van der Waals surface area (Å²) >= 11 is -2.12. The van der Waals surface area contributed by atoms with Gasteiger partial charge in [-0.25, -0.2) is 4.21 Å². The van der Waals surface area contributed by atoms with E-state index in [-0.39, 0.29) is 36.2 Å². The molecule has 4 N–H and O–H groups in total. The fourth-order valence-corrected chi connectivity index (χ4v) is 4.32. The zero-order valence-electron chi connectivity index (χ0n) is 20.9. The molecule has 0 aliphatic heterocycles. The van der Waals surface area contributed by atoms with Gasteiger partial charge in [-0.2, -0.15) is 0 Å². The lowest BCUT2D eigenvalue weighted by Crippen LogP contribution is -2.53. The van der Waals surface area contributed by atoms with E-state index in [4.69, 9.17) is 4.42 Å². The third-order valence-corrected chi connectivity index (χ3v) is 6.32. The van der Waals surface area contributed by atoms with Gasteiger partial charge in [0.15, 0.2) is 22.6 Å². The highest BCUT2D eigenvalue weighted by atomic mass is 32.2. The average molecular weight is 528 g/mol. The second kappa shape index (κ2) is 13.8. The van der Waals surface area contributed by atoms with Gasteiger partial charge in [-0.3, -0.25) is 14.4 Å². The highest BCUT2D eigenvalue weighted by Crippen LogP contribution is 2.19. The number of hydrogen-bond acceptors (Lipinski definition) is 6. The molecule has 2 amide bonds. The minimum absolute atomic E-state index is 0.00732. The van der Waals surface area contributed by atoms with Crippen LogP contribution in [0.25, 0.3) is 11.0 Å². The lowest BCUT2D eigenvalue weighted by Gasteiger charge is -2.23. The van der Waals surface area contributed by atoms with Crippen LogP contribution in [0.3, 0.4) is 0 Å². The highest BCUT2D eigenvalue weighted by molar-refractivity contribution is 7.79. The number of nitrogens with one attached hydrogen (secondary N) is 3. The smallest absolute Gasteiger partial charge is 0.287 e. The summed E-state index contributed by atoms with van der Waals surface area (Å²) in [5.74, 6) is -1.42. The van der Waals surface area contributed by atoms with E-state index in [0.29, 0.717) is 18.5 Å². The minimum Gasteiger partial charge on any atom is -0.451 e. The van der Waals surface area contributed by atoms with Crippen molar-refractivity contribution in [2.45, 2.75) is 45.3 Å². The molecule has 10 heteroatoms. The molecule has 198 valence electrons. The summed E-state index contributed by atoms with van der Waals surface area (Å²) in [7, 11) is 0. The van der Waals surface area contributed by atoms with Crippen molar-refractivity contribution in [3.8, 4) is 0 Å². The number of ketones is 1. The molecule has 9 nitrogen and oxygen atoms in total. The number of benzene rings is 2. The molecule has 3 atom stereocenters. The number of amides is 2. The van der Waals surface area contributed by atoms with E-state index in [1.54, 1.807) is 18.2 Å². The molecule has 0 bridgehead atoms. The molecule has 0 radical (unpaired) electrons. The Labute approximate surface area is 218 Å². The van der Waals surface area contributed by atoms with E-state index in [1.807, 2.05) is 56.3 Å². The summed E-state index contributed by atoms with van der Waals surface area (Å²) in [5, 5.41) is 9.22. The Kier molecular flexibility index (Phi) is 10.6. The molecule has 2 aromatic carbocycles. The van der Waals surface area contributed by atoms with Crippen LogP contribution in [0.5, 0.6) is 0 Å². The minimum atomic E-state index is -2.12. The van der Waals surface area contributed by atoms with Gasteiger partial charge in [0, 0.05) is 11.9 Å². The first-order chi connectivity index (χ1) is 17.7. The SMILES string of the molecule is CC(C)C[C@H](NC(=O)c1cc2ccccc2o1)C(=O)N[C@@H](CCS(=O)O)C(=O)CNCc1ccccc1. The van der Waals surface area contributed by atoms with Crippen molar-refractivity contribution < 1.29 is 27.6 Å². The number of furan rings is 1. The van der Waals surface area contributed by atoms with Gasteiger partial charge in [0.1, 0.15) is 11.6 Å². The van der Waals surface area contributed by atoms with Crippen molar-refractivity contribution in [1.82, 2.24) is 16.0 Å². The molecule has 3 rings (SSSR count). The van der Waals surface area contributed by atoms with E-state index in [1.165, 1.54) is 0 Å². The summed E-state index contributed by atoms with van der Waals surface area (Å²) in [6, 6.07) is 16.4. The number of para-hydroxylation sites is 1. The number of Topliss-reactive ketones (excluding diaryl/α,β-unsaturated/α-hetero) is 1. The van der Waals surface area contributed by atoms with Crippen LogP contribution < -0.4 is 16.0 Å². The fraction of sp³-hybridized carbons (Fsp3) is 0.370. The molecule has 37 heavy (non-hydrogen) atoms. The van der Waals surface area contributed by atoms with Crippen LogP contribution in [0, 0.1) is 5.92 Å². The summed E-state index contributed by atoms with van der Waals surface area (Å²) < 4.78 is 26.1. The van der Waals surface area contributed by atoms with E-state index in [9.17, 15) is 23.1 Å². The molecular weight excluding hydrogens is 494 g/mol. The van der Waals surface area contributed by atoms with Gasteiger partial charge in [0.2, 0.25) is 5.91 Å². The quantitative estimate of drug-likeness (QED) is 0.237. The molecule has 3 aromatic rings. The van der Waals surface area contributed by atoms with Crippen LogP contribution in [0.2, 0.25) is 0 Å². The number of fused-ring (bicyclic) bond motifs is 1. The van der Waals surface area contributed by atoms with Crippen LogP contribution in [0.4, 0.5) is 0 Å². The zero-order valence-corrected chi connectivity index (χ0v) is 21.8. The fourth-order valence-electron chi connectivity index (χ4n) is 3.88. The maximum absolute atomic E-state index is 13.2. The van der Waals surface area contributed by atoms with Crippen molar-refractivity contribution in [3.05, 3.63) is 72.0 Å². The zero-order chi connectivity index (χ0) is 26.8. The lowest BCUT2D eigenvalue weighted by molar-refractivity contribution is -0.128. The van der Waals surface area contributed by atoms with Gasteiger partial charge < -0.3 is 24.9 Å². The highest BCUT2D eigenvalue weighted by Gasteiger charge is 2.28. The second-order valence-corrected chi connectivity index (χ2v) is 10.3. The standard InChI is InChI=1S/C27H33N3O6S/c1-18(2)14-22(30-27(33)25-15-20-10-6-7-11-24(20)36-25)26(32)29-21(12-13-37(34)35)23(31)17-28-16-19-8-4-3-5-9-19/h3-11,15,18,21-22,28H,12-14,16-17H2,1-2H3,(H,29,32)(H,30,33)(H,34,35)/t21-,22-/m0/s1. The Bertz CT molecular complexity index is 1190. The predicted molar refractivity (Wildman–Crippen MR) is 142 cm³/mol. The normalized spacial score (nSPS) is 13.7. The van der Waals surface area contributed by atoms with Crippen molar-refractivity contribution in [2.24, 2.45) is 5.92 Å². The largest absolute Gasteiger partial charge is 0.451 e. The van der Waals surface area contributed by atoms with Crippen molar-refractivity contribution in [1.29, 1.82) is 0 Å². The Morgan fingerprint density at radius 3 is 2.35 bits per heavy atom. The molecule has 1 aromatic heterocycles. The predicted octanol–water partition coefficient (Wildman–Crippen LogP) is 3.03. The topological polar surface area (TPSA) is 138 Å². The van der Waals surface area contributed by atoms with Crippen LogP contribution >= 0.6 is 0 Å². The van der Waals surface area contributed by atoms with Crippen LogP contribution in [-0.2, 0) is 27.2 Å². The maximum Gasteiger partial charge on any atom is 0.287 e.